The number of hydrogen-bond donors (Lipinski definition) is 2. The molecule has 150 valence electrons. The van der Waals surface area contributed by atoms with Crippen LogP contribution in [0.5, 0.6) is 11.5 Å². The van der Waals surface area contributed by atoms with Crippen molar-refractivity contribution in [2.45, 2.75) is 84.5 Å². The molecule has 0 heterocycles. The molecular weight excluding hydrogens is 332 g/mol. The minimum Gasteiger partial charge on any atom is -0.508 e. The highest BCUT2D eigenvalue weighted by molar-refractivity contribution is 5.36. The van der Waals surface area contributed by atoms with E-state index in [0.29, 0.717) is 11.5 Å². The standard InChI is InChI=1S/C15H24O.C10H14O/c1-2-3-4-5-6-7-8-11-14-12-9-10-13-15(14)16;1-10(2,3)8-6-4-5-7-9(8)11/h9-10,12-13,16H,2-8,11H2,1H3;4-7,11H,1-3H3. The fourth-order valence-corrected chi connectivity index (χ4v) is 3.10. The van der Waals surface area contributed by atoms with Crippen molar-refractivity contribution >= 4 is 0 Å². The van der Waals surface area contributed by atoms with E-state index in [1.54, 1.807) is 12.1 Å². The Morgan fingerprint density at radius 3 is 1.70 bits per heavy atom. The highest BCUT2D eigenvalue weighted by atomic mass is 16.3. The Balaban J connectivity index is 0.000000289. The van der Waals surface area contributed by atoms with Crippen LogP contribution in [-0.4, -0.2) is 10.2 Å². The molecule has 2 nitrogen and oxygen atoms in total. The number of benzene rings is 2. The molecule has 0 aliphatic rings. The van der Waals surface area contributed by atoms with Crippen LogP contribution < -0.4 is 0 Å². The van der Waals surface area contributed by atoms with Crippen LogP contribution in [0.15, 0.2) is 48.5 Å². The van der Waals surface area contributed by atoms with Gasteiger partial charge in [-0.2, -0.15) is 0 Å². The molecule has 27 heavy (non-hydrogen) atoms. The van der Waals surface area contributed by atoms with Gasteiger partial charge in [0.05, 0.1) is 0 Å². The molecule has 2 aromatic rings. The molecule has 0 aromatic heterocycles. The van der Waals surface area contributed by atoms with Crippen LogP contribution in [-0.2, 0) is 11.8 Å². The van der Waals surface area contributed by atoms with Crippen molar-refractivity contribution in [3.8, 4) is 11.5 Å². The van der Waals surface area contributed by atoms with E-state index in [4.69, 9.17) is 0 Å². The number of hydrogen-bond acceptors (Lipinski definition) is 2. The van der Waals surface area contributed by atoms with E-state index in [9.17, 15) is 10.2 Å². The maximum atomic E-state index is 9.58. The predicted octanol–water partition coefficient (Wildman–Crippen LogP) is 7.38. The van der Waals surface area contributed by atoms with Gasteiger partial charge in [0.25, 0.3) is 0 Å². The van der Waals surface area contributed by atoms with E-state index in [2.05, 4.69) is 27.7 Å². The lowest BCUT2D eigenvalue weighted by Crippen LogP contribution is -2.10. The van der Waals surface area contributed by atoms with Gasteiger partial charge in [-0.3, -0.25) is 0 Å². The summed E-state index contributed by atoms with van der Waals surface area (Å²) >= 11 is 0. The van der Waals surface area contributed by atoms with Gasteiger partial charge in [-0.15, -0.1) is 0 Å². The summed E-state index contributed by atoms with van der Waals surface area (Å²) in [5.74, 6) is 0.841. The van der Waals surface area contributed by atoms with E-state index in [0.717, 1.165) is 17.5 Å². The minimum absolute atomic E-state index is 0.0331. The number of unbranched alkanes of at least 4 members (excludes halogenated alkanes) is 6. The average molecular weight is 371 g/mol. The second kappa shape index (κ2) is 12.4. The molecule has 0 atom stereocenters. The monoisotopic (exact) mass is 370 g/mol. The van der Waals surface area contributed by atoms with Crippen LogP contribution in [0, 0.1) is 0 Å². The summed E-state index contributed by atoms with van der Waals surface area (Å²) < 4.78 is 0. The molecule has 0 spiro atoms. The van der Waals surface area contributed by atoms with Crippen LogP contribution in [0.1, 0.15) is 83.8 Å². The average Bonchev–Trinajstić information content (AvgIpc) is 2.62. The van der Waals surface area contributed by atoms with Crippen molar-refractivity contribution in [1.29, 1.82) is 0 Å². The fourth-order valence-electron chi connectivity index (χ4n) is 3.10. The van der Waals surface area contributed by atoms with Crippen LogP contribution >= 0.6 is 0 Å². The molecule has 0 bridgehead atoms. The zero-order valence-electron chi connectivity index (χ0n) is 17.7. The van der Waals surface area contributed by atoms with E-state index in [1.165, 1.54) is 44.9 Å². The highest BCUT2D eigenvalue weighted by Gasteiger charge is 2.16. The van der Waals surface area contributed by atoms with Gasteiger partial charge in [0.2, 0.25) is 0 Å². The van der Waals surface area contributed by atoms with Gasteiger partial charge in [-0.05, 0) is 41.5 Å². The maximum Gasteiger partial charge on any atom is 0.119 e. The van der Waals surface area contributed by atoms with E-state index >= 15 is 0 Å². The fraction of sp³-hybridized carbons (Fsp3) is 0.520. The Morgan fingerprint density at radius 1 is 0.667 bits per heavy atom. The third-order valence-corrected chi connectivity index (χ3v) is 4.75. The highest BCUT2D eigenvalue weighted by Crippen LogP contribution is 2.29. The summed E-state index contributed by atoms with van der Waals surface area (Å²) in [5, 5.41) is 19.0. The summed E-state index contributed by atoms with van der Waals surface area (Å²) in [6.07, 6.45) is 10.3. The van der Waals surface area contributed by atoms with E-state index in [1.807, 2.05) is 36.4 Å². The van der Waals surface area contributed by atoms with Gasteiger partial charge in [0.1, 0.15) is 11.5 Å². The van der Waals surface area contributed by atoms with Crippen molar-refractivity contribution in [3.63, 3.8) is 0 Å². The molecule has 2 N–H and O–H groups in total. The minimum atomic E-state index is 0.0331. The number of phenolic OH excluding ortho intramolecular Hbond substituents is 2. The quantitative estimate of drug-likeness (QED) is 0.476. The number of aryl methyl sites for hydroxylation is 1. The number of phenols is 2. The molecule has 0 aliphatic carbocycles. The zero-order valence-corrected chi connectivity index (χ0v) is 17.7. The topological polar surface area (TPSA) is 40.5 Å². The largest absolute Gasteiger partial charge is 0.508 e. The van der Waals surface area contributed by atoms with Gasteiger partial charge < -0.3 is 10.2 Å². The summed E-state index contributed by atoms with van der Waals surface area (Å²) in [4.78, 5) is 0. The first-order valence-electron chi connectivity index (χ1n) is 10.4. The van der Waals surface area contributed by atoms with Crippen LogP contribution in [0.25, 0.3) is 0 Å². The second-order valence-corrected chi connectivity index (χ2v) is 8.27. The normalized spacial score (nSPS) is 11.0. The Kier molecular flexibility index (Phi) is 10.6. The van der Waals surface area contributed by atoms with Crippen LogP contribution in [0.2, 0.25) is 0 Å². The molecule has 0 fully saturated rings. The van der Waals surface area contributed by atoms with Gasteiger partial charge in [-0.25, -0.2) is 0 Å². The van der Waals surface area contributed by atoms with Crippen molar-refractivity contribution in [3.05, 3.63) is 59.7 Å². The molecule has 2 aromatic carbocycles. The summed E-state index contributed by atoms with van der Waals surface area (Å²) in [7, 11) is 0. The Bertz CT molecular complexity index is 641. The zero-order chi connectivity index (χ0) is 20.1. The molecule has 2 heteroatoms. The lowest BCUT2D eigenvalue weighted by atomic mass is 9.86. The summed E-state index contributed by atoms with van der Waals surface area (Å²) in [6, 6.07) is 15.1. The molecule has 0 aliphatic heterocycles. The van der Waals surface area contributed by atoms with Crippen molar-refractivity contribution in [2.24, 2.45) is 0 Å². The Morgan fingerprint density at radius 2 is 1.19 bits per heavy atom. The Labute approximate surface area is 166 Å². The first-order chi connectivity index (χ1) is 12.9. The number of rotatable bonds is 8. The predicted molar refractivity (Wildman–Crippen MR) is 117 cm³/mol. The summed E-state index contributed by atoms with van der Waals surface area (Å²) in [6.45, 7) is 8.50. The van der Waals surface area contributed by atoms with Crippen molar-refractivity contribution in [1.82, 2.24) is 0 Å². The number of aromatic hydroxyl groups is 2. The molecule has 0 amide bonds. The molecule has 0 radical (unpaired) electrons. The SMILES string of the molecule is CC(C)(C)c1ccccc1O.CCCCCCCCCc1ccccc1O. The third-order valence-electron chi connectivity index (χ3n) is 4.75. The second-order valence-electron chi connectivity index (χ2n) is 8.27. The first-order valence-corrected chi connectivity index (χ1v) is 10.4. The third kappa shape index (κ3) is 9.51. The van der Waals surface area contributed by atoms with Crippen LogP contribution in [0.3, 0.4) is 0 Å². The molecule has 0 unspecified atom stereocenters. The smallest absolute Gasteiger partial charge is 0.119 e. The van der Waals surface area contributed by atoms with E-state index < -0.39 is 0 Å². The summed E-state index contributed by atoms with van der Waals surface area (Å²) in [5.41, 5.74) is 2.13. The molecule has 2 rings (SSSR count). The van der Waals surface area contributed by atoms with E-state index in [-0.39, 0.29) is 5.41 Å². The van der Waals surface area contributed by atoms with Gasteiger partial charge in [0, 0.05) is 0 Å². The Hall–Kier alpha value is -1.96. The first kappa shape index (κ1) is 23.1. The lowest BCUT2D eigenvalue weighted by Gasteiger charge is -2.19. The van der Waals surface area contributed by atoms with Crippen molar-refractivity contribution in [2.75, 3.05) is 0 Å². The van der Waals surface area contributed by atoms with Gasteiger partial charge in [0.15, 0.2) is 0 Å². The number of para-hydroxylation sites is 2. The van der Waals surface area contributed by atoms with Gasteiger partial charge in [-0.1, -0.05) is 103 Å². The lowest BCUT2D eigenvalue weighted by molar-refractivity contribution is 0.447. The van der Waals surface area contributed by atoms with Gasteiger partial charge >= 0.3 is 0 Å². The van der Waals surface area contributed by atoms with Crippen molar-refractivity contribution < 1.29 is 10.2 Å². The maximum absolute atomic E-state index is 9.58. The molecule has 0 saturated heterocycles. The van der Waals surface area contributed by atoms with Crippen LogP contribution in [0.4, 0.5) is 0 Å². The molecule has 0 saturated carbocycles. The molecular formula is C25H38O2.